The number of nitrogens with zero attached hydrogens (tertiary/aromatic N) is 3. The number of carbonyl (C=O) groups is 1. The summed E-state index contributed by atoms with van der Waals surface area (Å²) < 4.78 is 11.3. The molecule has 1 aromatic rings. The Morgan fingerprint density at radius 1 is 1.13 bits per heavy atom. The number of amides is 1. The summed E-state index contributed by atoms with van der Waals surface area (Å²) >= 11 is 0. The fourth-order valence-corrected chi connectivity index (χ4v) is 5.21. The Bertz CT molecular complexity index is 720. The number of hydrogen-bond donors (Lipinski definition) is 0. The van der Waals surface area contributed by atoms with E-state index in [1.807, 2.05) is 4.90 Å². The van der Waals surface area contributed by atoms with Crippen LogP contribution in [0.3, 0.4) is 0 Å². The van der Waals surface area contributed by atoms with Gasteiger partial charge in [-0.05, 0) is 49.9 Å². The van der Waals surface area contributed by atoms with Gasteiger partial charge >= 0.3 is 0 Å². The van der Waals surface area contributed by atoms with Gasteiger partial charge in [-0.1, -0.05) is 12.1 Å². The van der Waals surface area contributed by atoms with Crippen LogP contribution in [-0.2, 0) is 22.5 Å². The molecule has 1 aromatic carbocycles. The molecular formula is C24H37N3O3. The molecule has 2 fully saturated rings. The Morgan fingerprint density at radius 2 is 1.97 bits per heavy atom. The van der Waals surface area contributed by atoms with E-state index in [0.717, 1.165) is 84.0 Å². The van der Waals surface area contributed by atoms with Crippen LogP contribution in [0.1, 0.15) is 43.7 Å². The summed E-state index contributed by atoms with van der Waals surface area (Å²) in [4.78, 5) is 19.1. The highest BCUT2D eigenvalue weighted by molar-refractivity contribution is 5.73. The third-order valence-electron chi connectivity index (χ3n) is 6.92. The second-order valence-electron chi connectivity index (χ2n) is 9.12. The first kappa shape index (κ1) is 21.6. The van der Waals surface area contributed by atoms with Crippen molar-refractivity contribution in [3.63, 3.8) is 0 Å². The van der Waals surface area contributed by atoms with Crippen LogP contribution < -0.4 is 4.74 Å². The molecule has 0 saturated carbocycles. The van der Waals surface area contributed by atoms with Crippen LogP contribution in [0.15, 0.2) is 18.2 Å². The summed E-state index contributed by atoms with van der Waals surface area (Å²) in [7, 11) is 2.22. The van der Waals surface area contributed by atoms with Gasteiger partial charge in [-0.15, -0.1) is 0 Å². The average Bonchev–Trinajstić information content (AvgIpc) is 3.23. The number of hydrogen-bond acceptors (Lipinski definition) is 5. The largest absolute Gasteiger partial charge is 0.493 e. The van der Waals surface area contributed by atoms with E-state index in [4.69, 9.17) is 9.47 Å². The lowest BCUT2D eigenvalue weighted by molar-refractivity contribution is -0.131. The van der Waals surface area contributed by atoms with Crippen molar-refractivity contribution >= 4 is 5.91 Å². The third kappa shape index (κ3) is 5.34. The number of benzene rings is 1. The van der Waals surface area contributed by atoms with Crippen LogP contribution >= 0.6 is 0 Å². The van der Waals surface area contributed by atoms with Gasteiger partial charge in [0.15, 0.2) is 0 Å². The van der Waals surface area contributed by atoms with E-state index < -0.39 is 0 Å². The molecule has 0 radical (unpaired) electrons. The van der Waals surface area contributed by atoms with E-state index in [-0.39, 0.29) is 5.91 Å². The zero-order chi connectivity index (χ0) is 20.9. The van der Waals surface area contributed by atoms with E-state index in [0.29, 0.717) is 12.1 Å². The molecule has 1 unspecified atom stereocenters. The highest BCUT2D eigenvalue weighted by atomic mass is 16.5. The highest BCUT2D eigenvalue weighted by Gasteiger charge is 2.32. The molecule has 0 N–H and O–H groups in total. The Balaban J connectivity index is 1.36. The van der Waals surface area contributed by atoms with Crippen molar-refractivity contribution in [3.05, 3.63) is 29.3 Å². The van der Waals surface area contributed by atoms with Gasteiger partial charge in [0.25, 0.3) is 0 Å². The topological polar surface area (TPSA) is 45.3 Å². The van der Waals surface area contributed by atoms with Crippen LogP contribution in [0, 0.1) is 0 Å². The molecule has 166 valence electrons. The predicted molar refractivity (Wildman–Crippen MR) is 118 cm³/mol. The first-order chi connectivity index (χ1) is 14.6. The number of likely N-dealkylation sites (N-methyl/N-ethyl adjacent to an activating group) is 1. The minimum atomic E-state index is 0.212. The maximum absolute atomic E-state index is 12.0. The van der Waals surface area contributed by atoms with Crippen molar-refractivity contribution < 1.29 is 14.3 Å². The molecule has 0 spiro atoms. The smallest absolute Gasteiger partial charge is 0.219 e. The molecule has 0 bridgehead atoms. The number of likely N-dealkylation sites (tertiary alicyclic amines) is 1. The van der Waals surface area contributed by atoms with Crippen molar-refractivity contribution in [3.8, 4) is 5.75 Å². The van der Waals surface area contributed by atoms with Gasteiger partial charge in [0, 0.05) is 71.4 Å². The molecule has 30 heavy (non-hydrogen) atoms. The highest BCUT2D eigenvalue weighted by Crippen LogP contribution is 2.27. The summed E-state index contributed by atoms with van der Waals surface area (Å²) in [6.07, 6.45) is 5.53. The molecule has 3 heterocycles. The van der Waals surface area contributed by atoms with Crippen LogP contribution in [0.25, 0.3) is 0 Å². The zero-order valence-electron chi connectivity index (χ0n) is 18.6. The lowest BCUT2D eigenvalue weighted by Gasteiger charge is -2.44. The summed E-state index contributed by atoms with van der Waals surface area (Å²) in [6, 6.07) is 7.67. The van der Waals surface area contributed by atoms with Gasteiger partial charge in [-0.2, -0.15) is 0 Å². The Morgan fingerprint density at radius 3 is 2.77 bits per heavy atom. The standard InChI is InChI=1S/C24H37N3O3/c1-19(28)26-10-3-4-23(18-26)27(22-8-13-29-14-9-22)12-11-25(2)17-20-5-6-24-21(16-20)7-15-30-24/h5-6,16,22-23H,3-4,7-15,17-18H2,1-2H3. The fourth-order valence-electron chi connectivity index (χ4n) is 5.21. The Labute approximate surface area is 181 Å². The van der Waals surface area contributed by atoms with Crippen LogP contribution in [-0.4, -0.2) is 85.7 Å². The van der Waals surface area contributed by atoms with E-state index >= 15 is 0 Å². The summed E-state index contributed by atoms with van der Waals surface area (Å²) in [5, 5.41) is 0. The second kappa shape index (κ2) is 10.1. The van der Waals surface area contributed by atoms with Crippen molar-refractivity contribution in [2.75, 3.05) is 53.0 Å². The second-order valence-corrected chi connectivity index (χ2v) is 9.12. The lowest BCUT2D eigenvalue weighted by atomic mass is 9.98. The number of carbonyl (C=O) groups excluding carboxylic acids is 1. The van der Waals surface area contributed by atoms with Gasteiger partial charge in [0.1, 0.15) is 5.75 Å². The summed E-state index contributed by atoms with van der Waals surface area (Å²) in [5.41, 5.74) is 2.70. The monoisotopic (exact) mass is 415 g/mol. The molecule has 3 aliphatic heterocycles. The van der Waals surface area contributed by atoms with Crippen molar-refractivity contribution in [1.29, 1.82) is 0 Å². The lowest BCUT2D eigenvalue weighted by Crippen LogP contribution is -2.55. The molecule has 1 atom stereocenters. The number of rotatable bonds is 7. The minimum Gasteiger partial charge on any atom is -0.493 e. The average molecular weight is 416 g/mol. The Kier molecular flexibility index (Phi) is 7.28. The van der Waals surface area contributed by atoms with E-state index in [1.54, 1.807) is 6.92 Å². The van der Waals surface area contributed by atoms with Gasteiger partial charge in [0.05, 0.1) is 6.61 Å². The maximum Gasteiger partial charge on any atom is 0.219 e. The van der Waals surface area contributed by atoms with Gasteiger partial charge in [0.2, 0.25) is 5.91 Å². The Hall–Kier alpha value is -1.63. The molecule has 3 aliphatic rings. The third-order valence-corrected chi connectivity index (χ3v) is 6.92. The number of fused-ring (bicyclic) bond motifs is 1. The number of piperidine rings is 1. The van der Waals surface area contributed by atoms with Gasteiger partial charge < -0.3 is 19.3 Å². The van der Waals surface area contributed by atoms with Crippen LogP contribution in [0.2, 0.25) is 0 Å². The van der Waals surface area contributed by atoms with E-state index in [9.17, 15) is 4.79 Å². The first-order valence-electron chi connectivity index (χ1n) is 11.6. The van der Waals surface area contributed by atoms with Gasteiger partial charge in [-0.3, -0.25) is 9.69 Å². The zero-order valence-corrected chi connectivity index (χ0v) is 18.6. The summed E-state index contributed by atoms with van der Waals surface area (Å²) in [6.45, 7) is 9.06. The molecule has 6 nitrogen and oxygen atoms in total. The van der Waals surface area contributed by atoms with Crippen molar-refractivity contribution in [2.45, 2.75) is 57.7 Å². The van der Waals surface area contributed by atoms with Crippen molar-refractivity contribution in [2.24, 2.45) is 0 Å². The minimum absolute atomic E-state index is 0.212. The van der Waals surface area contributed by atoms with E-state index in [2.05, 4.69) is 35.0 Å². The molecule has 0 aliphatic carbocycles. The van der Waals surface area contributed by atoms with Crippen LogP contribution in [0.5, 0.6) is 5.75 Å². The molecule has 1 amide bonds. The maximum atomic E-state index is 12.0. The van der Waals surface area contributed by atoms with E-state index in [1.165, 1.54) is 17.5 Å². The SMILES string of the molecule is CC(=O)N1CCCC(N(CCN(C)Cc2ccc3c(c2)CCO3)C2CCOCC2)C1. The summed E-state index contributed by atoms with van der Waals surface area (Å²) in [5.74, 6) is 1.27. The normalized spacial score (nSPS) is 22.4. The fraction of sp³-hybridized carbons (Fsp3) is 0.708. The predicted octanol–water partition coefficient (Wildman–Crippen LogP) is 2.55. The van der Waals surface area contributed by atoms with Gasteiger partial charge in [-0.25, -0.2) is 0 Å². The molecule has 2 saturated heterocycles. The molecule has 6 heteroatoms. The molecule has 4 rings (SSSR count). The number of ether oxygens (including phenoxy) is 2. The molecular weight excluding hydrogens is 378 g/mol. The molecule has 0 aromatic heterocycles. The first-order valence-corrected chi connectivity index (χ1v) is 11.6. The quantitative estimate of drug-likeness (QED) is 0.685. The van der Waals surface area contributed by atoms with Crippen molar-refractivity contribution in [1.82, 2.24) is 14.7 Å². The van der Waals surface area contributed by atoms with Crippen LogP contribution in [0.4, 0.5) is 0 Å².